The quantitative estimate of drug-likeness (QED) is 0.731. The highest BCUT2D eigenvalue weighted by molar-refractivity contribution is 9.10. The summed E-state index contributed by atoms with van der Waals surface area (Å²) in [4.78, 5) is 6.73. The van der Waals surface area contributed by atoms with Crippen molar-refractivity contribution in [2.24, 2.45) is 17.3 Å². The molecule has 3 heterocycles. The second kappa shape index (κ2) is 6.34. The second-order valence-electron chi connectivity index (χ2n) is 7.98. The number of nitrogens with zero attached hydrogens (tertiary/aromatic N) is 3. The Morgan fingerprint density at radius 2 is 2.26 bits per heavy atom. The van der Waals surface area contributed by atoms with E-state index < -0.39 is 5.82 Å². The summed E-state index contributed by atoms with van der Waals surface area (Å²) in [5.41, 5.74) is 0.560. The molecule has 0 bridgehead atoms. The van der Waals surface area contributed by atoms with Gasteiger partial charge in [0.2, 0.25) is 5.82 Å². The lowest BCUT2D eigenvalue weighted by Crippen LogP contribution is -2.60. The van der Waals surface area contributed by atoms with Crippen LogP contribution in [0.5, 0.6) is 0 Å². The van der Waals surface area contributed by atoms with Crippen LogP contribution in [0.25, 0.3) is 11.4 Å². The van der Waals surface area contributed by atoms with Crippen molar-refractivity contribution >= 4 is 15.9 Å². The number of ether oxygens (including phenoxy) is 2. The molecule has 27 heavy (non-hydrogen) atoms. The predicted molar refractivity (Wildman–Crippen MR) is 98.4 cm³/mol. The van der Waals surface area contributed by atoms with Crippen molar-refractivity contribution in [3.63, 3.8) is 0 Å². The van der Waals surface area contributed by atoms with Crippen molar-refractivity contribution in [1.29, 1.82) is 0 Å². The Bertz CT molecular complexity index is 878. The third-order valence-electron chi connectivity index (χ3n) is 6.33. The first-order valence-electron chi connectivity index (χ1n) is 9.19. The molecule has 3 fully saturated rings. The number of likely N-dealkylation sites (tertiary alicyclic amines) is 1. The van der Waals surface area contributed by atoms with Gasteiger partial charge in [-0.2, -0.15) is 4.98 Å². The van der Waals surface area contributed by atoms with Crippen LogP contribution in [0.3, 0.4) is 0 Å². The Hall–Kier alpha value is -1.35. The van der Waals surface area contributed by atoms with E-state index in [4.69, 9.17) is 14.0 Å². The topological polar surface area (TPSA) is 60.6 Å². The fourth-order valence-electron chi connectivity index (χ4n) is 5.07. The third-order valence-corrected chi connectivity index (χ3v) is 6.83. The lowest BCUT2D eigenvalue weighted by Gasteiger charge is -2.53. The zero-order valence-electron chi connectivity index (χ0n) is 15.2. The summed E-state index contributed by atoms with van der Waals surface area (Å²) in [7, 11) is 2.15. The Morgan fingerprint density at radius 3 is 3.07 bits per heavy atom. The summed E-state index contributed by atoms with van der Waals surface area (Å²) in [5, 5.41) is 3.94. The summed E-state index contributed by atoms with van der Waals surface area (Å²) in [6.45, 7) is 5.58. The van der Waals surface area contributed by atoms with Crippen LogP contribution in [0, 0.1) is 23.1 Å². The van der Waals surface area contributed by atoms with Crippen LogP contribution < -0.4 is 0 Å². The molecule has 2 aromatic rings. The first-order chi connectivity index (χ1) is 13.0. The van der Waals surface area contributed by atoms with Gasteiger partial charge in [-0.05, 0) is 32.2 Å². The molecule has 8 heteroatoms. The molecule has 1 saturated carbocycles. The number of hydrogen-bond acceptors (Lipinski definition) is 6. The Labute approximate surface area is 165 Å². The fourth-order valence-corrected chi connectivity index (χ4v) is 5.41. The van der Waals surface area contributed by atoms with E-state index in [2.05, 4.69) is 38.0 Å². The van der Waals surface area contributed by atoms with Gasteiger partial charge in [0.25, 0.3) is 5.89 Å². The highest BCUT2D eigenvalue weighted by Gasteiger charge is 2.68. The summed E-state index contributed by atoms with van der Waals surface area (Å²) < 4.78 is 32.3. The van der Waals surface area contributed by atoms with Gasteiger partial charge in [-0.3, -0.25) is 0 Å². The summed E-state index contributed by atoms with van der Waals surface area (Å²) >= 11 is 3.25. The standard InChI is InChI=1S/C19H21BrFN3O3/c1-10(18-22-17(23-27-18)12-4-3-11(20)5-15(12)21)26-16-13-6-24(2)8-19(13)9-25-7-14(16)19/h3-5,10,13-14,16H,6-9H2,1-2H3/t10-,13?,14?,16+,19?/m1/s1. The van der Waals surface area contributed by atoms with Gasteiger partial charge in [-0.25, -0.2) is 4.39 Å². The molecule has 2 aliphatic heterocycles. The molecule has 1 aromatic heterocycles. The van der Waals surface area contributed by atoms with E-state index in [1.807, 2.05) is 6.92 Å². The summed E-state index contributed by atoms with van der Waals surface area (Å²) in [6, 6.07) is 4.76. The van der Waals surface area contributed by atoms with Gasteiger partial charge in [-0.15, -0.1) is 0 Å². The summed E-state index contributed by atoms with van der Waals surface area (Å²) in [6.07, 6.45) is -0.216. The highest BCUT2D eigenvalue weighted by Crippen LogP contribution is 2.60. The maximum Gasteiger partial charge on any atom is 0.255 e. The molecule has 6 nitrogen and oxygen atoms in total. The molecular formula is C19H21BrFN3O3. The van der Waals surface area contributed by atoms with E-state index in [9.17, 15) is 4.39 Å². The first-order valence-corrected chi connectivity index (χ1v) is 9.98. The Kier molecular flexibility index (Phi) is 4.16. The molecule has 3 aliphatic rings. The van der Waals surface area contributed by atoms with Gasteiger partial charge in [0.1, 0.15) is 11.9 Å². The van der Waals surface area contributed by atoms with Gasteiger partial charge < -0.3 is 18.9 Å². The first kappa shape index (κ1) is 17.7. The Morgan fingerprint density at radius 1 is 1.41 bits per heavy atom. The molecule has 1 aliphatic carbocycles. The van der Waals surface area contributed by atoms with Crippen LogP contribution in [-0.2, 0) is 9.47 Å². The average Bonchev–Trinajstić information content (AvgIpc) is 3.31. The van der Waals surface area contributed by atoms with Crippen LogP contribution in [0.1, 0.15) is 18.9 Å². The third kappa shape index (κ3) is 2.68. The molecular weight excluding hydrogens is 417 g/mol. The molecule has 144 valence electrons. The Balaban J connectivity index is 1.33. The number of benzene rings is 1. The molecule has 0 radical (unpaired) electrons. The molecule has 1 aromatic carbocycles. The van der Waals surface area contributed by atoms with Crippen molar-refractivity contribution in [2.45, 2.75) is 19.1 Å². The average molecular weight is 438 g/mol. The lowest BCUT2D eigenvalue weighted by molar-refractivity contribution is -0.179. The normalized spacial score (nSPS) is 33.6. The van der Waals surface area contributed by atoms with Crippen LogP contribution >= 0.6 is 15.9 Å². The minimum atomic E-state index is -0.397. The monoisotopic (exact) mass is 437 g/mol. The van der Waals surface area contributed by atoms with E-state index in [-0.39, 0.29) is 23.4 Å². The highest BCUT2D eigenvalue weighted by atomic mass is 79.9. The van der Waals surface area contributed by atoms with Gasteiger partial charge >= 0.3 is 0 Å². The maximum atomic E-state index is 14.1. The van der Waals surface area contributed by atoms with Crippen LogP contribution in [0.4, 0.5) is 4.39 Å². The van der Waals surface area contributed by atoms with E-state index >= 15 is 0 Å². The molecule has 0 N–H and O–H groups in total. The van der Waals surface area contributed by atoms with Gasteiger partial charge in [-0.1, -0.05) is 21.1 Å². The van der Waals surface area contributed by atoms with E-state index in [1.165, 1.54) is 6.07 Å². The number of halogens is 2. The SMILES string of the molecule is C[C@@H](O[C@@H]1C2COCC23CN(C)CC13)c1nc(-c2ccc(Br)cc2F)no1. The predicted octanol–water partition coefficient (Wildman–Crippen LogP) is 3.29. The minimum absolute atomic E-state index is 0.132. The number of aromatic nitrogens is 2. The van der Waals surface area contributed by atoms with Crippen LogP contribution in [0.2, 0.25) is 0 Å². The van der Waals surface area contributed by atoms with Gasteiger partial charge in [0.15, 0.2) is 0 Å². The molecule has 3 unspecified atom stereocenters. The fraction of sp³-hybridized carbons (Fsp3) is 0.579. The van der Waals surface area contributed by atoms with Crippen molar-refractivity contribution in [3.8, 4) is 11.4 Å². The lowest BCUT2D eigenvalue weighted by atomic mass is 9.54. The largest absolute Gasteiger partial charge is 0.380 e. The van der Waals surface area contributed by atoms with E-state index in [0.29, 0.717) is 27.8 Å². The van der Waals surface area contributed by atoms with Crippen LogP contribution in [-0.4, -0.2) is 54.5 Å². The number of hydrogen-bond donors (Lipinski definition) is 0. The van der Waals surface area contributed by atoms with Crippen molar-refractivity contribution in [1.82, 2.24) is 15.0 Å². The zero-order chi connectivity index (χ0) is 18.8. The molecule has 0 amide bonds. The van der Waals surface area contributed by atoms with Gasteiger partial charge in [0.05, 0.1) is 24.9 Å². The smallest absolute Gasteiger partial charge is 0.255 e. The zero-order valence-corrected chi connectivity index (χ0v) is 16.8. The minimum Gasteiger partial charge on any atom is -0.380 e. The van der Waals surface area contributed by atoms with Crippen molar-refractivity contribution < 1.29 is 18.4 Å². The molecule has 2 saturated heterocycles. The van der Waals surface area contributed by atoms with Crippen molar-refractivity contribution in [3.05, 3.63) is 34.4 Å². The van der Waals surface area contributed by atoms with Crippen LogP contribution in [0.15, 0.2) is 27.2 Å². The number of rotatable bonds is 4. The van der Waals surface area contributed by atoms with E-state index in [1.54, 1.807) is 12.1 Å². The second-order valence-corrected chi connectivity index (χ2v) is 8.90. The molecule has 5 atom stereocenters. The summed E-state index contributed by atoms with van der Waals surface area (Å²) in [5.74, 6) is 1.10. The maximum absolute atomic E-state index is 14.1. The van der Waals surface area contributed by atoms with Gasteiger partial charge in [0, 0.05) is 34.8 Å². The van der Waals surface area contributed by atoms with E-state index in [0.717, 1.165) is 26.3 Å². The van der Waals surface area contributed by atoms with Crippen molar-refractivity contribution in [2.75, 3.05) is 33.4 Å². The molecule has 5 rings (SSSR count). The molecule has 1 spiro atoms.